The van der Waals surface area contributed by atoms with Crippen molar-refractivity contribution in [1.82, 2.24) is 15.5 Å². The molecule has 0 saturated carbocycles. The lowest BCUT2D eigenvalue weighted by molar-refractivity contribution is -0.139. The molecule has 5 heteroatoms. The Balaban J connectivity index is 2.41. The normalized spacial score (nSPS) is 12.3. The van der Waals surface area contributed by atoms with E-state index in [9.17, 15) is 4.79 Å². The van der Waals surface area contributed by atoms with Gasteiger partial charge in [0.05, 0.1) is 5.69 Å². The second-order valence-corrected chi connectivity index (χ2v) is 3.63. The lowest BCUT2D eigenvalue weighted by atomic mass is 10.1. The van der Waals surface area contributed by atoms with Gasteiger partial charge in [-0.15, -0.1) is 0 Å². The quantitative estimate of drug-likeness (QED) is 0.726. The van der Waals surface area contributed by atoms with E-state index in [1.165, 1.54) is 0 Å². The first kappa shape index (κ1) is 12.6. The zero-order chi connectivity index (χ0) is 11.8. The minimum atomic E-state index is -0.808. The van der Waals surface area contributed by atoms with Crippen molar-refractivity contribution in [2.45, 2.75) is 38.8 Å². The molecular formula is C11H17N3O2. The third-order valence-electron chi connectivity index (χ3n) is 2.30. The second kappa shape index (κ2) is 6.90. The zero-order valence-corrected chi connectivity index (χ0v) is 9.39. The molecule has 0 spiro atoms. The van der Waals surface area contributed by atoms with E-state index < -0.39 is 12.0 Å². The maximum absolute atomic E-state index is 10.9. The number of aromatic nitrogens is 2. The number of aliphatic carboxylic acids is 1. The van der Waals surface area contributed by atoms with Gasteiger partial charge in [-0.3, -0.25) is 10.1 Å². The van der Waals surface area contributed by atoms with Crippen LogP contribution in [0, 0.1) is 0 Å². The van der Waals surface area contributed by atoms with Crippen LogP contribution >= 0.6 is 0 Å². The van der Waals surface area contributed by atoms with Gasteiger partial charge >= 0.3 is 5.97 Å². The van der Waals surface area contributed by atoms with Crippen molar-refractivity contribution in [2.75, 3.05) is 0 Å². The van der Waals surface area contributed by atoms with Gasteiger partial charge in [0.2, 0.25) is 0 Å². The Hall–Kier alpha value is -1.49. The zero-order valence-electron chi connectivity index (χ0n) is 9.39. The number of carboxylic acids is 1. The van der Waals surface area contributed by atoms with Gasteiger partial charge in [0.25, 0.3) is 0 Å². The van der Waals surface area contributed by atoms with Crippen molar-refractivity contribution in [1.29, 1.82) is 0 Å². The molecule has 1 aromatic heterocycles. The van der Waals surface area contributed by atoms with Crippen molar-refractivity contribution >= 4 is 5.97 Å². The van der Waals surface area contributed by atoms with Gasteiger partial charge < -0.3 is 5.11 Å². The van der Waals surface area contributed by atoms with E-state index in [2.05, 4.69) is 15.5 Å². The average molecular weight is 223 g/mol. The largest absolute Gasteiger partial charge is 0.480 e. The topological polar surface area (TPSA) is 75.1 Å². The van der Waals surface area contributed by atoms with Crippen molar-refractivity contribution in [3.05, 3.63) is 24.0 Å². The van der Waals surface area contributed by atoms with Crippen LogP contribution in [0.3, 0.4) is 0 Å². The summed E-state index contributed by atoms with van der Waals surface area (Å²) in [5.74, 6) is -0.808. The van der Waals surface area contributed by atoms with Crippen LogP contribution in [0.25, 0.3) is 0 Å². The number of carbonyl (C=O) groups is 1. The fourth-order valence-corrected chi connectivity index (χ4v) is 1.38. The van der Waals surface area contributed by atoms with Crippen LogP contribution in [0.4, 0.5) is 0 Å². The first-order chi connectivity index (χ1) is 7.74. The number of nitrogens with one attached hydrogen (secondary N) is 1. The second-order valence-electron chi connectivity index (χ2n) is 3.63. The summed E-state index contributed by atoms with van der Waals surface area (Å²) < 4.78 is 0. The molecule has 16 heavy (non-hydrogen) atoms. The number of hydrogen-bond acceptors (Lipinski definition) is 4. The highest BCUT2D eigenvalue weighted by atomic mass is 16.4. The average Bonchev–Trinajstić information content (AvgIpc) is 2.30. The van der Waals surface area contributed by atoms with E-state index in [1.54, 1.807) is 12.3 Å². The maximum Gasteiger partial charge on any atom is 0.320 e. The van der Waals surface area contributed by atoms with Gasteiger partial charge in [-0.25, -0.2) is 0 Å². The third kappa shape index (κ3) is 4.35. The maximum atomic E-state index is 10.9. The highest BCUT2D eigenvalue weighted by Crippen LogP contribution is 2.02. The lowest BCUT2D eigenvalue weighted by Crippen LogP contribution is -2.36. The Kier molecular flexibility index (Phi) is 5.42. The summed E-state index contributed by atoms with van der Waals surface area (Å²) in [6.07, 6.45) is 4.14. The Morgan fingerprint density at radius 3 is 3.00 bits per heavy atom. The summed E-state index contributed by atoms with van der Waals surface area (Å²) in [6, 6.07) is 3.10. The molecule has 1 unspecified atom stereocenters. The van der Waals surface area contributed by atoms with Crippen LogP contribution in [0.2, 0.25) is 0 Å². The van der Waals surface area contributed by atoms with Crippen molar-refractivity contribution < 1.29 is 9.90 Å². The summed E-state index contributed by atoms with van der Waals surface area (Å²) in [5, 5.41) is 19.6. The molecule has 0 saturated heterocycles. The van der Waals surface area contributed by atoms with Crippen LogP contribution in [-0.4, -0.2) is 27.3 Å². The van der Waals surface area contributed by atoms with Gasteiger partial charge in [0, 0.05) is 12.7 Å². The van der Waals surface area contributed by atoms with Gasteiger partial charge in [-0.05, 0) is 18.6 Å². The van der Waals surface area contributed by atoms with Gasteiger partial charge in [-0.1, -0.05) is 19.8 Å². The van der Waals surface area contributed by atoms with E-state index in [-0.39, 0.29) is 0 Å². The Bertz CT molecular complexity index is 316. The first-order valence-electron chi connectivity index (χ1n) is 5.46. The first-order valence-corrected chi connectivity index (χ1v) is 5.46. The molecule has 0 radical (unpaired) electrons. The Labute approximate surface area is 94.9 Å². The molecule has 5 nitrogen and oxygen atoms in total. The molecular weight excluding hydrogens is 206 g/mol. The number of unbranched alkanes of at least 4 members (excludes halogenated alkanes) is 1. The minimum Gasteiger partial charge on any atom is -0.480 e. The standard InChI is InChI=1S/C11H17N3O2/c1-2-3-6-10(11(15)16)12-8-9-5-4-7-13-14-9/h4-5,7,10,12H,2-3,6,8H2,1H3,(H,15,16). The molecule has 1 atom stereocenters. The predicted molar refractivity (Wildman–Crippen MR) is 59.8 cm³/mol. The number of rotatable bonds is 7. The third-order valence-corrected chi connectivity index (χ3v) is 2.30. The van der Waals surface area contributed by atoms with Crippen LogP contribution in [-0.2, 0) is 11.3 Å². The molecule has 0 amide bonds. The molecule has 0 bridgehead atoms. The summed E-state index contributed by atoms with van der Waals surface area (Å²) in [6.45, 7) is 2.48. The molecule has 1 aromatic rings. The molecule has 0 fully saturated rings. The summed E-state index contributed by atoms with van der Waals surface area (Å²) >= 11 is 0. The molecule has 0 aliphatic carbocycles. The van der Waals surface area contributed by atoms with E-state index in [1.807, 2.05) is 13.0 Å². The predicted octanol–water partition coefficient (Wildman–Crippen LogP) is 1.21. The Morgan fingerprint density at radius 2 is 2.44 bits per heavy atom. The SMILES string of the molecule is CCCCC(NCc1cccnn1)C(=O)O. The molecule has 0 aliphatic rings. The fraction of sp³-hybridized carbons (Fsp3) is 0.545. The van der Waals surface area contributed by atoms with Gasteiger partial charge in [0.15, 0.2) is 0 Å². The number of carboxylic acid groups (broad SMARTS) is 1. The van der Waals surface area contributed by atoms with Gasteiger partial charge in [-0.2, -0.15) is 10.2 Å². The van der Waals surface area contributed by atoms with Crippen molar-refractivity contribution in [3.8, 4) is 0 Å². The van der Waals surface area contributed by atoms with Crippen LogP contribution in [0.5, 0.6) is 0 Å². The summed E-state index contributed by atoms with van der Waals surface area (Å²) in [4.78, 5) is 10.9. The molecule has 2 N–H and O–H groups in total. The van der Waals surface area contributed by atoms with Crippen LogP contribution in [0.1, 0.15) is 31.9 Å². The Morgan fingerprint density at radius 1 is 1.62 bits per heavy atom. The number of hydrogen-bond donors (Lipinski definition) is 2. The fourth-order valence-electron chi connectivity index (χ4n) is 1.38. The van der Waals surface area contributed by atoms with Gasteiger partial charge in [0.1, 0.15) is 6.04 Å². The monoisotopic (exact) mass is 223 g/mol. The highest BCUT2D eigenvalue weighted by Gasteiger charge is 2.15. The lowest BCUT2D eigenvalue weighted by Gasteiger charge is -2.13. The minimum absolute atomic E-state index is 0.439. The van der Waals surface area contributed by atoms with E-state index in [4.69, 9.17) is 5.11 Å². The van der Waals surface area contributed by atoms with E-state index in [0.717, 1.165) is 18.5 Å². The summed E-state index contributed by atoms with van der Waals surface area (Å²) in [7, 11) is 0. The van der Waals surface area contributed by atoms with Crippen molar-refractivity contribution in [3.63, 3.8) is 0 Å². The number of nitrogens with zero attached hydrogens (tertiary/aromatic N) is 2. The van der Waals surface area contributed by atoms with Crippen LogP contribution < -0.4 is 5.32 Å². The molecule has 0 aliphatic heterocycles. The molecule has 1 rings (SSSR count). The molecule has 1 heterocycles. The molecule has 88 valence electrons. The van der Waals surface area contributed by atoms with Crippen LogP contribution in [0.15, 0.2) is 18.3 Å². The summed E-state index contributed by atoms with van der Waals surface area (Å²) in [5.41, 5.74) is 0.755. The smallest absolute Gasteiger partial charge is 0.320 e. The van der Waals surface area contributed by atoms with E-state index in [0.29, 0.717) is 13.0 Å². The highest BCUT2D eigenvalue weighted by molar-refractivity contribution is 5.73. The van der Waals surface area contributed by atoms with Crippen molar-refractivity contribution in [2.24, 2.45) is 0 Å². The molecule has 0 aromatic carbocycles. The van der Waals surface area contributed by atoms with E-state index >= 15 is 0 Å².